The number of hydrogen-bond acceptors (Lipinski definition) is 4. The predicted molar refractivity (Wildman–Crippen MR) is 79.3 cm³/mol. The fourth-order valence-electron chi connectivity index (χ4n) is 1.73. The molecule has 0 aliphatic rings. The topological polar surface area (TPSA) is 52.6 Å². The lowest BCUT2D eigenvalue weighted by Crippen LogP contribution is -2.19. The summed E-state index contributed by atoms with van der Waals surface area (Å²) in [5.74, 6) is -0.148. The molecule has 20 heavy (non-hydrogen) atoms. The molecule has 3 unspecified atom stereocenters. The molecule has 0 aliphatic carbocycles. The molecule has 0 saturated carbocycles. The minimum Gasteiger partial charge on any atom is -0.463 e. The molecule has 0 aromatic heterocycles. The van der Waals surface area contributed by atoms with Gasteiger partial charge in [0.2, 0.25) is 0 Å². The molecule has 0 bridgehead atoms. The van der Waals surface area contributed by atoms with Crippen LogP contribution < -0.4 is 0 Å². The van der Waals surface area contributed by atoms with Gasteiger partial charge < -0.3 is 9.47 Å². The van der Waals surface area contributed by atoms with Crippen molar-refractivity contribution < 1.29 is 19.1 Å². The number of carbonyl (C=O) groups excluding carboxylic acids is 2. The zero-order valence-electron chi connectivity index (χ0n) is 13.6. The van der Waals surface area contributed by atoms with E-state index in [1.165, 1.54) is 0 Å². The molecular weight excluding hydrogens is 256 g/mol. The Hall–Kier alpha value is -1.06. The molecule has 4 heteroatoms. The van der Waals surface area contributed by atoms with E-state index in [0.29, 0.717) is 19.3 Å². The fourth-order valence-corrected chi connectivity index (χ4v) is 1.73. The SMILES string of the molecule is CCC(CCC(=O)OC(C)CC)CC(=O)OC(C)CC. The van der Waals surface area contributed by atoms with E-state index < -0.39 is 0 Å². The van der Waals surface area contributed by atoms with Gasteiger partial charge in [-0.3, -0.25) is 9.59 Å². The Balaban J connectivity index is 4.03. The third kappa shape index (κ3) is 8.94. The average molecular weight is 286 g/mol. The molecule has 0 saturated heterocycles. The Morgan fingerprint density at radius 1 is 0.850 bits per heavy atom. The van der Waals surface area contributed by atoms with Crippen LogP contribution in [0.1, 0.15) is 73.1 Å². The predicted octanol–water partition coefficient (Wildman–Crippen LogP) is 3.87. The van der Waals surface area contributed by atoms with Gasteiger partial charge in [0.1, 0.15) is 0 Å². The highest BCUT2D eigenvalue weighted by molar-refractivity contribution is 5.71. The summed E-state index contributed by atoms with van der Waals surface area (Å²) in [7, 11) is 0. The molecule has 0 aromatic rings. The Morgan fingerprint density at radius 3 is 1.80 bits per heavy atom. The van der Waals surface area contributed by atoms with E-state index >= 15 is 0 Å². The molecule has 0 amide bonds. The first-order valence-corrected chi connectivity index (χ1v) is 7.81. The second kappa shape index (κ2) is 10.7. The fraction of sp³-hybridized carbons (Fsp3) is 0.875. The first-order valence-electron chi connectivity index (χ1n) is 7.81. The summed E-state index contributed by atoms with van der Waals surface area (Å²) >= 11 is 0. The summed E-state index contributed by atoms with van der Waals surface area (Å²) in [5.41, 5.74) is 0. The third-order valence-electron chi connectivity index (χ3n) is 3.60. The van der Waals surface area contributed by atoms with E-state index in [9.17, 15) is 9.59 Å². The molecule has 0 aromatic carbocycles. The van der Waals surface area contributed by atoms with Gasteiger partial charge in [0, 0.05) is 12.8 Å². The third-order valence-corrected chi connectivity index (χ3v) is 3.60. The van der Waals surface area contributed by atoms with Crippen LogP contribution in [0.3, 0.4) is 0 Å². The van der Waals surface area contributed by atoms with E-state index in [2.05, 4.69) is 0 Å². The number of rotatable bonds is 10. The summed E-state index contributed by atoms with van der Waals surface area (Å²) in [5, 5.41) is 0. The molecule has 0 fully saturated rings. The first-order chi connectivity index (χ1) is 9.42. The minimum atomic E-state index is -0.173. The standard InChI is InChI=1S/C16H30O4/c1-6-12(4)19-15(17)10-9-14(8-3)11-16(18)20-13(5)7-2/h12-14H,6-11H2,1-5H3. The molecule has 118 valence electrons. The van der Waals surface area contributed by atoms with Crippen molar-refractivity contribution in [1.29, 1.82) is 0 Å². The average Bonchev–Trinajstić information content (AvgIpc) is 2.42. The van der Waals surface area contributed by atoms with Crippen LogP contribution >= 0.6 is 0 Å². The van der Waals surface area contributed by atoms with Crippen molar-refractivity contribution in [1.82, 2.24) is 0 Å². The monoisotopic (exact) mass is 286 g/mol. The maximum Gasteiger partial charge on any atom is 0.306 e. The first kappa shape index (κ1) is 18.9. The van der Waals surface area contributed by atoms with Gasteiger partial charge in [-0.25, -0.2) is 0 Å². The van der Waals surface area contributed by atoms with Crippen LogP contribution in [0.4, 0.5) is 0 Å². The lowest BCUT2D eigenvalue weighted by atomic mass is 9.97. The van der Waals surface area contributed by atoms with Crippen molar-refractivity contribution in [2.24, 2.45) is 5.92 Å². The highest BCUT2D eigenvalue weighted by Gasteiger charge is 2.17. The van der Waals surface area contributed by atoms with Gasteiger partial charge in [0.25, 0.3) is 0 Å². The molecule has 4 nitrogen and oxygen atoms in total. The van der Waals surface area contributed by atoms with Gasteiger partial charge in [0.15, 0.2) is 0 Å². The largest absolute Gasteiger partial charge is 0.463 e. The Bertz CT molecular complexity index is 288. The van der Waals surface area contributed by atoms with Gasteiger partial charge in [-0.05, 0) is 39.0 Å². The van der Waals surface area contributed by atoms with Crippen LogP contribution in [0, 0.1) is 5.92 Å². The zero-order valence-corrected chi connectivity index (χ0v) is 13.6. The lowest BCUT2D eigenvalue weighted by molar-refractivity contribution is -0.151. The molecule has 0 radical (unpaired) electrons. The van der Waals surface area contributed by atoms with Gasteiger partial charge in [0.05, 0.1) is 12.2 Å². The number of carbonyl (C=O) groups is 2. The van der Waals surface area contributed by atoms with E-state index in [1.54, 1.807) is 0 Å². The Kier molecular flexibility index (Phi) is 10.1. The van der Waals surface area contributed by atoms with E-state index in [4.69, 9.17) is 9.47 Å². The molecular formula is C16H30O4. The molecule has 0 spiro atoms. The van der Waals surface area contributed by atoms with Crippen molar-refractivity contribution in [2.75, 3.05) is 0 Å². The van der Waals surface area contributed by atoms with Crippen LogP contribution in [-0.2, 0) is 19.1 Å². The highest BCUT2D eigenvalue weighted by Crippen LogP contribution is 2.18. The molecule has 3 atom stereocenters. The smallest absolute Gasteiger partial charge is 0.306 e. The Morgan fingerprint density at radius 2 is 1.35 bits per heavy atom. The Labute approximate surface area is 123 Å². The van der Waals surface area contributed by atoms with Gasteiger partial charge in [-0.1, -0.05) is 27.2 Å². The van der Waals surface area contributed by atoms with Gasteiger partial charge in [-0.15, -0.1) is 0 Å². The van der Waals surface area contributed by atoms with Crippen molar-refractivity contribution in [2.45, 2.75) is 85.4 Å². The van der Waals surface area contributed by atoms with Crippen molar-refractivity contribution in [3.05, 3.63) is 0 Å². The lowest BCUT2D eigenvalue weighted by Gasteiger charge is -2.17. The molecule has 0 aliphatic heterocycles. The van der Waals surface area contributed by atoms with E-state index in [-0.39, 0.29) is 30.1 Å². The van der Waals surface area contributed by atoms with Crippen LogP contribution in [-0.4, -0.2) is 24.1 Å². The van der Waals surface area contributed by atoms with Crippen LogP contribution in [0.2, 0.25) is 0 Å². The van der Waals surface area contributed by atoms with E-state index in [1.807, 2.05) is 34.6 Å². The second-order valence-electron chi connectivity index (χ2n) is 5.43. The number of esters is 2. The molecule has 0 rings (SSSR count). The maximum absolute atomic E-state index is 11.7. The van der Waals surface area contributed by atoms with Crippen molar-refractivity contribution in [3.63, 3.8) is 0 Å². The summed E-state index contributed by atoms with van der Waals surface area (Å²) in [6.07, 6.45) is 3.90. The zero-order chi connectivity index (χ0) is 15.5. The van der Waals surface area contributed by atoms with Gasteiger partial charge >= 0.3 is 11.9 Å². The van der Waals surface area contributed by atoms with Crippen LogP contribution in [0.25, 0.3) is 0 Å². The minimum absolute atomic E-state index is 0.0297. The van der Waals surface area contributed by atoms with Crippen LogP contribution in [0.15, 0.2) is 0 Å². The van der Waals surface area contributed by atoms with Crippen molar-refractivity contribution in [3.8, 4) is 0 Å². The summed E-state index contributed by atoms with van der Waals surface area (Å²) in [6, 6.07) is 0. The van der Waals surface area contributed by atoms with Crippen molar-refractivity contribution >= 4 is 11.9 Å². The van der Waals surface area contributed by atoms with Crippen LogP contribution in [0.5, 0.6) is 0 Å². The normalized spacial score (nSPS) is 15.2. The highest BCUT2D eigenvalue weighted by atomic mass is 16.5. The number of hydrogen-bond donors (Lipinski definition) is 0. The maximum atomic E-state index is 11.7. The second-order valence-corrected chi connectivity index (χ2v) is 5.43. The summed E-state index contributed by atoms with van der Waals surface area (Å²) < 4.78 is 10.5. The van der Waals surface area contributed by atoms with E-state index in [0.717, 1.165) is 19.3 Å². The van der Waals surface area contributed by atoms with Gasteiger partial charge in [-0.2, -0.15) is 0 Å². The quantitative estimate of drug-likeness (QED) is 0.572. The molecule has 0 heterocycles. The summed E-state index contributed by atoms with van der Waals surface area (Å²) in [4.78, 5) is 23.3. The summed E-state index contributed by atoms with van der Waals surface area (Å²) in [6.45, 7) is 9.78. The molecule has 0 N–H and O–H groups in total. The number of ether oxygens (including phenoxy) is 2.